The van der Waals surface area contributed by atoms with E-state index in [1.54, 1.807) is 24.3 Å². The summed E-state index contributed by atoms with van der Waals surface area (Å²) in [5.41, 5.74) is 7.46. The first-order valence-electron chi connectivity index (χ1n) is 4.66. The van der Waals surface area contributed by atoms with Crippen molar-refractivity contribution < 1.29 is 19.2 Å². The first-order chi connectivity index (χ1) is 8.15. The molecule has 0 saturated carbocycles. The molecule has 3 N–H and O–H groups in total. The van der Waals surface area contributed by atoms with Gasteiger partial charge in [0.25, 0.3) is 0 Å². The van der Waals surface area contributed by atoms with Crippen LogP contribution in [0.5, 0.6) is 0 Å². The van der Waals surface area contributed by atoms with E-state index in [0.717, 1.165) is 0 Å². The van der Waals surface area contributed by atoms with Crippen molar-refractivity contribution >= 4 is 24.1 Å². The van der Waals surface area contributed by atoms with E-state index >= 15 is 0 Å². The molecule has 1 rings (SSSR count). The van der Waals surface area contributed by atoms with E-state index < -0.39 is 12.2 Å². The lowest BCUT2D eigenvalue weighted by Crippen LogP contribution is -2.24. The van der Waals surface area contributed by atoms with Gasteiger partial charge < -0.3 is 10.5 Å². The van der Waals surface area contributed by atoms with E-state index in [-0.39, 0.29) is 6.61 Å². The van der Waals surface area contributed by atoms with Crippen LogP contribution in [0.25, 0.3) is 0 Å². The molecule has 0 bridgehead atoms. The molecule has 0 unspecified atom stereocenters. The second-order valence-electron chi connectivity index (χ2n) is 2.99. The Bertz CT molecular complexity index is 400. The van der Waals surface area contributed by atoms with Crippen LogP contribution < -0.4 is 11.2 Å². The van der Waals surface area contributed by atoms with Crippen molar-refractivity contribution in [1.82, 2.24) is 5.48 Å². The van der Waals surface area contributed by atoms with E-state index in [9.17, 15) is 9.59 Å². The van der Waals surface area contributed by atoms with Crippen molar-refractivity contribution in [3.8, 4) is 0 Å². The van der Waals surface area contributed by atoms with E-state index in [1.165, 1.54) is 0 Å². The van der Waals surface area contributed by atoms with Crippen molar-refractivity contribution in [2.45, 2.75) is 6.10 Å². The van der Waals surface area contributed by atoms with Gasteiger partial charge in [0, 0.05) is 10.6 Å². The van der Waals surface area contributed by atoms with Gasteiger partial charge in [-0.1, -0.05) is 29.8 Å². The van der Waals surface area contributed by atoms with Gasteiger partial charge in [-0.3, -0.25) is 9.63 Å². The van der Waals surface area contributed by atoms with Crippen LogP contribution in [0.2, 0.25) is 5.02 Å². The second-order valence-corrected chi connectivity index (χ2v) is 3.40. The molecule has 1 atom stereocenters. The third-order valence-corrected chi connectivity index (χ3v) is 2.22. The molecule has 0 fully saturated rings. The third kappa shape index (κ3) is 4.29. The van der Waals surface area contributed by atoms with Gasteiger partial charge in [-0.15, -0.1) is 0 Å². The number of hydrogen-bond donors (Lipinski definition) is 2. The minimum atomic E-state index is -0.954. The van der Waals surface area contributed by atoms with Gasteiger partial charge >= 0.3 is 6.09 Å². The highest BCUT2D eigenvalue weighted by Crippen LogP contribution is 2.25. The summed E-state index contributed by atoms with van der Waals surface area (Å²) in [7, 11) is 0. The van der Waals surface area contributed by atoms with Crippen molar-refractivity contribution in [1.29, 1.82) is 0 Å². The first-order valence-corrected chi connectivity index (χ1v) is 5.04. The molecule has 0 spiro atoms. The van der Waals surface area contributed by atoms with Gasteiger partial charge in [-0.2, -0.15) is 0 Å². The number of carbonyl (C=O) groups is 2. The summed E-state index contributed by atoms with van der Waals surface area (Å²) in [5, 5.41) is 0.411. The molecular weight excluding hydrogens is 248 g/mol. The molecule has 92 valence electrons. The predicted molar refractivity (Wildman–Crippen MR) is 60.0 cm³/mol. The van der Waals surface area contributed by atoms with Gasteiger partial charge in [-0.25, -0.2) is 10.3 Å². The van der Waals surface area contributed by atoms with Crippen LogP contribution in [0.4, 0.5) is 4.79 Å². The predicted octanol–water partition coefficient (Wildman–Crippen LogP) is 1.15. The zero-order valence-electron chi connectivity index (χ0n) is 8.76. The minimum Gasteiger partial charge on any atom is -0.439 e. The van der Waals surface area contributed by atoms with Crippen LogP contribution in [0.15, 0.2) is 24.3 Å². The number of nitrogens with one attached hydrogen (secondary N) is 1. The fraction of sp³-hybridized carbons (Fsp3) is 0.200. The average Bonchev–Trinajstić information content (AvgIpc) is 2.28. The lowest BCUT2D eigenvalue weighted by Gasteiger charge is -2.17. The normalized spacial score (nSPS) is 11.6. The molecule has 2 amide bonds. The Morgan fingerprint density at radius 3 is 2.82 bits per heavy atom. The Kier molecular flexibility index (Phi) is 5.25. The van der Waals surface area contributed by atoms with E-state index in [4.69, 9.17) is 26.9 Å². The number of primary amides is 1. The molecule has 1 aromatic carbocycles. The van der Waals surface area contributed by atoms with Crippen LogP contribution in [0.1, 0.15) is 11.7 Å². The maximum absolute atomic E-state index is 10.7. The summed E-state index contributed by atoms with van der Waals surface area (Å²) in [6.07, 6.45) is -1.38. The largest absolute Gasteiger partial charge is 0.439 e. The summed E-state index contributed by atoms with van der Waals surface area (Å²) in [5.74, 6) is 0. The Morgan fingerprint density at radius 1 is 1.53 bits per heavy atom. The molecule has 1 aromatic rings. The fourth-order valence-corrected chi connectivity index (χ4v) is 1.48. The Labute approximate surface area is 103 Å². The topological polar surface area (TPSA) is 90.7 Å². The minimum absolute atomic E-state index is 0.0919. The molecule has 0 radical (unpaired) electrons. The maximum Gasteiger partial charge on any atom is 0.405 e. The SMILES string of the molecule is NC(=O)O[C@@H](CONC=O)c1ccccc1Cl. The van der Waals surface area contributed by atoms with Gasteiger partial charge in [0.1, 0.15) is 6.61 Å². The van der Waals surface area contributed by atoms with Crippen molar-refractivity contribution in [2.75, 3.05) is 6.61 Å². The number of hydrogen-bond acceptors (Lipinski definition) is 4. The molecule has 17 heavy (non-hydrogen) atoms. The smallest absolute Gasteiger partial charge is 0.405 e. The fourth-order valence-electron chi connectivity index (χ4n) is 1.22. The quantitative estimate of drug-likeness (QED) is 0.455. The molecule has 0 heterocycles. The van der Waals surface area contributed by atoms with Crippen molar-refractivity contribution in [3.05, 3.63) is 34.9 Å². The number of rotatable bonds is 6. The second kappa shape index (κ2) is 6.72. The molecule has 0 aliphatic carbocycles. The van der Waals surface area contributed by atoms with Crippen LogP contribution >= 0.6 is 11.6 Å². The molecule has 0 saturated heterocycles. The first kappa shape index (κ1) is 13.3. The van der Waals surface area contributed by atoms with Crippen molar-refractivity contribution in [3.63, 3.8) is 0 Å². The number of benzene rings is 1. The van der Waals surface area contributed by atoms with Crippen molar-refractivity contribution in [2.24, 2.45) is 5.73 Å². The molecule has 6 nitrogen and oxygen atoms in total. The summed E-state index contributed by atoms with van der Waals surface area (Å²) < 4.78 is 4.84. The highest BCUT2D eigenvalue weighted by molar-refractivity contribution is 6.31. The summed E-state index contributed by atoms with van der Waals surface area (Å²) in [4.78, 5) is 25.5. The zero-order chi connectivity index (χ0) is 12.7. The van der Waals surface area contributed by atoms with Gasteiger partial charge in [-0.05, 0) is 6.07 Å². The average molecular weight is 259 g/mol. The van der Waals surface area contributed by atoms with Gasteiger partial charge in [0.05, 0.1) is 0 Å². The number of ether oxygens (including phenoxy) is 1. The Balaban J connectivity index is 2.78. The molecule has 0 aliphatic rings. The standard InChI is InChI=1S/C10H11ClN2O4/c11-8-4-2-1-3-7(8)9(17-10(12)15)5-16-13-6-14/h1-4,6,9H,5H2,(H2,12,15)(H,13,14)/t9-/m0/s1. The number of amides is 2. The van der Waals surface area contributed by atoms with E-state index in [2.05, 4.69) is 0 Å². The number of hydroxylamine groups is 1. The lowest BCUT2D eigenvalue weighted by molar-refractivity contribution is -0.123. The third-order valence-electron chi connectivity index (χ3n) is 1.88. The van der Waals surface area contributed by atoms with Crippen LogP contribution in [0.3, 0.4) is 0 Å². The zero-order valence-corrected chi connectivity index (χ0v) is 9.52. The van der Waals surface area contributed by atoms with E-state index in [1.807, 2.05) is 5.48 Å². The van der Waals surface area contributed by atoms with Crippen LogP contribution in [-0.4, -0.2) is 19.1 Å². The van der Waals surface area contributed by atoms with Crippen LogP contribution in [0, 0.1) is 0 Å². The lowest BCUT2D eigenvalue weighted by atomic mass is 10.1. The molecule has 0 aliphatic heterocycles. The Hall–Kier alpha value is -1.79. The van der Waals surface area contributed by atoms with Gasteiger partial charge in [0.15, 0.2) is 6.10 Å². The molecule has 0 aromatic heterocycles. The summed E-state index contributed by atoms with van der Waals surface area (Å²) in [6.45, 7) is -0.0919. The number of carbonyl (C=O) groups excluding carboxylic acids is 2. The molecular formula is C10H11ClN2O4. The highest BCUT2D eigenvalue weighted by atomic mass is 35.5. The summed E-state index contributed by atoms with van der Waals surface area (Å²) >= 11 is 5.94. The Morgan fingerprint density at radius 2 is 2.24 bits per heavy atom. The van der Waals surface area contributed by atoms with Crippen LogP contribution in [-0.2, 0) is 14.4 Å². The number of nitrogens with two attached hydrogens (primary N) is 1. The maximum atomic E-state index is 10.7. The van der Waals surface area contributed by atoms with Gasteiger partial charge in [0.2, 0.25) is 6.41 Å². The number of halogens is 1. The summed E-state index contributed by atoms with van der Waals surface area (Å²) in [6, 6.07) is 6.77. The molecule has 7 heteroatoms. The van der Waals surface area contributed by atoms with E-state index in [0.29, 0.717) is 17.0 Å². The highest BCUT2D eigenvalue weighted by Gasteiger charge is 2.18. The monoisotopic (exact) mass is 258 g/mol.